The Morgan fingerprint density at radius 3 is 2.71 bits per heavy atom. The third-order valence-electron chi connectivity index (χ3n) is 2.30. The Labute approximate surface area is 130 Å². The molecule has 108 valence electrons. The van der Waals surface area contributed by atoms with Gasteiger partial charge in [0, 0.05) is 17.4 Å². The molecule has 0 saturated heterocycles. The summed E-state index contributed by atoms with van der Waals surface area (Å²) in [6.07, 6.45) is 2.86. The molecule has 2 rings (SSSR count). The van der Waals surface area contributed by atoms with Crippen LogP contribution in [0.2, 0.25) is 10.2 Å². The number of hydrogen-bond donors (Lipinski definition) is 1. The van der Waals surface area contributed by atoms with Crippen molar-refractivity contribution in [3.8, 4) is 0 Å². The largest absolute Gasteiger partial charge is 0.451 e. The van der Waals surface area contributed by atoms with Gasteiger partial charge in [0.25, 0.3) is 5.91 Å². The van der Waals surface area contributed by atoms with E-state index in [9.17, 15) is 9.59 Å². The van der Waals surface area contributed by atoms with Gasteiger partial charge >= 0.3 is 5.97 Å². The van der Waals surface area contributed by atoms with Gasteiger partial charge in [0.1, 0.15) is 5.69 Å². The lowest BCUT2D eigenvalue weighted by molar-refractivity contribution is -0.119. The van der Waals surface area contributed by atoms with E-state index in [2.05, 4.69) is 15.3 Å². The third kappa shape index (κ3) is 4.40. The van der Waals surface area contributed by atoms with Crippen LogP contribution in [0.3, 0.4) is 0 Å². The van der Waals surface area contributed by atoms with Gasteiger partial charge in [-0.05, 0) is 24.3 Å². The molecule has 21 heavy (non-hydrogen) atoms. The van der Waals surface area contributed by atoms with E-state index in [0.717, 1.165) is 0 Å². The Balaban J connectivity index is 1.90. The van der Waals surface area contributed by atoms with Crippen molar-refractivity contribution >= 4 is 40.8 Å². The predicted octanol–water partition coefficient (Wildman–Crippen LogP) is 2.58. The van der Waals surface area contributed by atoms with Crippen LogP contribution in [0.4, 0.5) is 5.69 Å². The number of ether oxygens (including phenoxy) is 1. The molecule has 0 unspecified atom stereocenters. The van der Waals surface area contributed by atoms with Crippen molar-refractivity contribution < 1.29 is 14.3 Å². The van der Waals surface area contributed by atoms with Gasteiger partial charge in [-0.25, -0.2) is 14.8 Å². The number of carbonyl (C=O) groups excluding carboxylic acids is 2. The van der Waals surface area contributed by atoms with E-state index >= 15 is 0 Å². The van der Waals surface area contributed by atoms with E-state index < -0.39 is 18.5 Å². The highest BCUT2D eigenvalue weighted by atomic mass is 35.5. The molecule has 2 aromatic rings. The quantitative estimate of drug-likeness (QED) is 0.690. The first-order valence-corrected chi connectivity index (χ1v) is 6.51. The van der Waals surface area contributed by atoms with Crippen molar-refractivity contribution in [1.29, 1.82) is 0 Å². The summed E-state index contributed by atoms with van der Waals surface area (Å²) < 4.78 is 4.82. The molecule has 0 atom stereocenters. The zero-order chi connectivity index (χ0) is 15.2. The lowest BCUT2D eigenvalue weighted by Crippen LogP contribution is -2.21. The number of nitrogens with one attached hydrogen (secondary N) is 1. The first-order valence-electron chi connectivity index (χ1n) is 5.75. The molecule has 6 nitrogen and oxygen atoms in total. The zero-order valence-corrected chi connectivity index (χ0v) is 12.1. The first-order chi connectivity index (χ1) is 10.1. The van der Waals surface area contributed by atoms with Gasteiger partial charge in [0.05, 0.1) is 5.69 Å². The number of pyridine rings is 2. The predicted molar refractivity (Wildman–Crippen MR) is 77.4 cm³/mol. The van der Waals surface area contributed by atoms with Crippen molar-refractivity contribution in [3.05, 3.63) is 52.5 Å². The van der Waals surface area contributed by atoms with Gasteiger partial charge in [-0.2, -0.15) is 0 Å². The average molecular weight is 326 g/mol. The molecule has 0 spiro atoms. The van der Waals surface area contributed by atoms with Crippen LogP contribution in [0.15, 0.2) is 36.7 Å². The molecular weight excluding hydrogens is 317 g/mol. The molecule has 1 N–H and O–H groups in total. The molecular formula is C13H9Cl2N3O3. The molecule has 0 saturated carbocycles. The maximum atomic E-state index is 11.7. The lowest BCUT2D eigenvalue weighted by Gasteiger charge is -2.07. The number of esters is 1. The lowest BCUT2D eigenvalue weighted by atomic mass is 10.3. The number of amides is 1. The van der Waals surface area contributed by atoms with Crippen LogP contribution in [-0.4, -0.2) is 28.5 Å². The number of anilines is 1. The Morgan fingerprint density at radius 2 is 2.00 bits per heavy atom. The summed E-state index contributed by atoms with van der Waals surface area (Å²) in [6, 6.07) is 6.06. The molecule has 2 heterocycles. The summed E-state index contributed by atoms with van der Waals surface area (Å²) >= 11 is 11.5. The van der Waals surface area contributed by atoms with Crippen LogP contribution < -0.4 is 5.32 Å². The summed E-state index contributed by atoms with van der Waals surface area (Å²) in [4.78, 5) is 30.9. The summed E-state index contributed by atoms with van der Waals surface area (Å²) in [5.74, 6) is -1.29. The highest BCUT2D eigenvalue weighted by Gasteiger charge is 2.13. The van der Waals surface area contributed by atoms with Crippen LogP contribution in [0, 0.1) is 0 Å². The topological polar surface area (TPSA) is 81.2 Å². The van der Waals surface area contributed by atoms with E-state index in [1.165, 1.54) is 24.5 Å². The molecule has 1 amide bonds. The van der Waals surface area contributed by atoms with Crippen molar-refractivity contribution in [3.63, 3.8) is 0 Å². The summed E-state index contributed by atoms with van der Waals surface area (Å²) in [5, 5.41) is 2.97. The van der Waals surface area contributed by atoms with Crippen LogP contribution in [-0.2, 0) is 9.53 Å². The van der Waals surface area contributed by atoms with Crippen LogP contribution in [0.5, 0.6) is 0 Å². The van der Waals surface area contributed by atoms with Crippen LogP contribution >= 0.6 is 23.2 Å². The smallest absolute Gasteiger partial charge is 0.357 e. The number of rotatable bonds is 4. The molecule has 2 aromatic heterocycles. The van der Waals surface area contributed by atoms with E-state index in [0.29, 0.717) is 10.7 Å². The molecule has 0 aliphatic carbocycles. The Bertz CT molecular complexity index is 679. The molecule has 0 fully saturated rings. The van der Waals surface area contributed by atoms with Crippen molar-refractivity contribution in [2.75, 3.05) is 11.9 Å². The Hall–Kier alpha value is -2.18. The molecule has 8 heteroatoms. The normalized spacial score (nSPS) is 10.0. The maximum Gasteiger partial charge on any atom is 0.357 e. The zero-order valence-electron chi connectivity index (χ0n) is 10.5. The van der Waals surface area contributed by atoms with Gasteiger partial charge in [-0.1, -0.05) is 23.2 Å². The van der Waals surface area contributed by atoms with Gasteiger partial charge in [0.2, 0.25) is 0 Å². The Kier molecular flexibility index (Phi) is 5.08. The first kappa shape index (κ1) is 15.2. The van der Waals surface area contributed by atoms with Gasteiger partial charge in [0.15, 0.2) is 11.8 Å². The van der Waals surface area contributed by atoms with Gasteiger partial charge < -0.3 is 10.1 Å². The molecule has 0 radical (unpaired) electrons. The third-order valence-corrected chi connectivity index (χ3v) is 2.83. The van der Waals surface area contributed by atoms with Crippen molar-refractivity contribution in [2.24, 2.45) is 0 Å². The minimum absolute atomic E-state index is 0.0229. The summed E-state index contributed by atoms with van der Waals surface area (Å²) in [6.45, 7) is -0.474. The highest BCUT2D eigenvalue weighted by molar-refractivity contribution is 6.32. The van der Waals surface area contributed by atoms with Gasteiger partial charge in [-0.15, -0.1) is 0 Å². The van der Waals surface area contributed by atoms with E-state index in [1.54, 1.807) is 12.1 Å². The van der Waals surface area contributed by atoms with E-state index in [-0.39, 0.29) is 10.8 Å². The Morgan fingerprint density at radius 1 is 1.19 bits per heavy atom. The van der Waals surface area contributed by atoms with Crippen molar-refractivity contribution in [1.82, 2.24) is 9.97 Å². The number of aromatic nitrogens is 2. The monoisotopic (exact) mass is 325 g/mol. The van der Waals surface area contributed by atoms with Crippen molar-refractivity contribution in [2.45, 2.75) is 0 Å². The number of halogens is 2. The van der Waals surface area contributed by atoms with E-state index in [4.69, 9.17) is 27.9 Å². The minimum atomic E-state index is -0.745. The van der Waals surface area contributed by atoms with E-state index in [1.807, 2.05) is 0 Å². The molecule has 0 bridgehead atoms. The summed E-state index contributed by atoms with van der Waals surface area (Å²) in [5.41, 5.74) is 0.357. The molecule has 0 aromatic carbocycles. The number of nitrogens with zero attached hydrogens (tertiary/aromatic N) is 2. The average Bonchev–Trinajstić information content (AvgIpc) is 2.47. The highest BCUT2D eigenvalue weighted by Crippen LogP contribution is 2.17. The number of hydrogen-bond acceptors (Lipinski definition) is 5. The standard InChI is InChI=1S/C13H9Cl2N3O3/c14-8-3-5-16-10(6-8)13(20)21-7-11(19)18-9-2-1-4-17-12(9)15/h1-6H,7H2,(H,18,19). The fourth-order valence-electron chi connectivity index (χ4n) is 1.39. The second kappa shape index (κ2) is 7.01. The molecule has 0 aliphatic heterocycles. The SMILES string of the molecule is O=C(COC(=O)c1cc(Cl)ccn1)Nc1cccnc1Cl. The minimum Gasteiger partial charge on any atom is -0.451 e. The summed E-state index contributed by atoms with van der Waals surface area (Å²) in [7, 11) is 0. The maximum absolute atomic E-state index is 11.7. The molecule has 0 aliphatic rings. The van der Waals surface area contributed by atoms with Crippen LogP contribution in [0.1, 0.15) is 10.5 Å². The number of carbonyl (C=O) groups is 2. The second-order valence-corrected chi connectivity index (χ2v) is 4.62. The van der Waals surface area contributed by atoms with Gasteiger partial charge in [-0.3, -0.25) is 4.79 Å². The fourth-order valence-corrected chi connectivity index (χ4v) is 1.71. The fraction of sp³-hybridized carbons (Fsp3) is 0.0769. The van der Waals surface area contributed by atoms with Crippen LogP contribution in [0.25, 0.3) is 0 Å². The second-order valence-electron chi connectivity index (χ2n) is 3.83.